The van der Waals surface area contributed by atoms with Crippen LogP contribution in [0.4, 0.5) is 5.69 Å². The number of rotatable bonds is 1. The minimum Gasteiger partial charge on any atom is -0.273 e. The monoisotopic (exact) mass is 267 g/mol. The summed E-state index contributed by atoms with van der Waals surface area (Å²) in [6.45, 7) is 7.06. The summed E-state index contributed by atoms with van der Waals surface area (Å²) < 4.78 is 25.3. The van der Waals surface area contributed by atoms with Crippen LogP contribution < -0.4 is 4.31 Å². The minimum absolute atomic E-state index is 0.133. The first-order valence-corrected chi connectivity index (χ1v) is 7.41. The number of anilines is 1. The molecular weight excluding hydrogens is 250 g/mol. The Kier molecular flexibility index (Phi) is 2.77. The van der Waals surface area contributed by atoms with Gasteiger partial charge in [0, 0.05) is 0 Å². The van der Waals surface area contributed by atoms with Gasteiger partial charge in [0.25, 0.3) is 0 Å². The molecule has 1 heterocycles. The van der Waals surface area contributed by atoms with E-state index in [0.29, 0.717) is 5.69 Å². The van der Waals surface area contributed by atoms with Gasteiger partial charge in [-0.15, -0.1) is 0 Å². The molecule has 1 aromatic rings. The van der Waals surface area contributed by atoms with Crippen LogP contribution >= 0.6 is 0 Å². The summed E-state index contributed by atoms with van der Waals surface area (Å²) in [5, 5.41) is 0. The highest BCUT2D eigenvalue weighted by atomic mass is 32.2. The van der Waals surface area contributed by atoms with Crippen molar-refractivity contribution in [2.45, 2.75) is 27.7 Å². The van der Waals surface area contributed by atoms with Crippen LogP contribution in [-0.2, 0) is 14.8 Å². The van der Waals surface area contributed by atoms with Crippen molar-refractivity contribution in [3.63, 3.8) is 0 Å². The lowest BCUT2D eigenvalue weighted by atomic mass is 9.95. The van der Waals surface area contributed by atoms with Gasteiger partial charge in [-0.25, -0.2) is 12.7 Å². The standard InChI is InChI=1S/C13H17NO3S/c1-9-6-5-7-11(10(9)2)14-12(15)13(3,4)8-18(14,16)17/h5-7H,8H2,1-4H3. The van der Waals surface area contributed by atoms with E-state index < -0.39 is 15.4 Å². The smallest absolute Gasteiger partial charge is 0.247 e. The Balaban J connectivity index is 2.64. The maximum absolute atomic E-state index is 12.3. The lowest BCUT2D eigenvalue weighted by Gasteiger charge is -2.20. The SMILES string of the molecule is Cc1cccc(N2C(=O)C(C)(C)CS2(=O)=O)c1C. The number of carbonyl (C=O) groups is 1. The molecule has 0 spiro atoms. The van der Waals surface area contributed by atoms with E-state index in [1.165, 1.54) is 0 Å². The highest BCUT2D eigenvalue weighted by Gasteiger charge is 2.50. The van der Waals surface area contributed by atoms with E-state index in [9.17, 15) is 13.2 Å². The summed E-state index contributed by atoms with van der Waals surface area (Å²) in [6.07, 6.45) is 0. The van der Waals surface area contributed by atoms with Gasteiger partial charge in [-0.2, -0.15) is 0 Å². The average molecular weight is 267 g/mol. The number of sulfonamides is 1. The van der Waals surface area contributed by atoms with Gasteiger partial charge < -0.3 is 0 Å². The highest BCUT2D eigenvalue weighted by Crippen LogP contribution is 2.37. The summed E-state index contributed by atoms with van der Waals surface area (Å²) in [5.41, 5.74) is 1.42. The summed E-state index contributed by atoms with van der Waals surface area (Å²) in [5.74, 6) is -0.483. The Morgan fingerprint density at radius 3 is 2.33 bits per heavy atom. The average Bonchev–Trinajstić information content (AvgIpc) is 2.38. The molecule has 1 aliphatic rings. The number of hydrogen-bond donors (Lipinski definition) is 0. The molecule has 0 N–H and O–H groups in total. The molecule has 0 unspecified atom stereocenters. The van der Waals surface area contributed by atoms with Crippen molar-refractivity contribution in [2.75, 3.05) is 10.1 Å². The lowest BCUT2D eigenvalue weighted by Crippen LogP contribution is -2.33. The van der Waals surface area contributed by atoms with Gasteiger partial charge in [-0.05, 0) is 44.9 Å². The zero-order valence-corrected chi connectivity index (χ0v) is 11.8. The van der Waals surface area contributed by atoms with Crippen molar-refractivity contribution in [2.24, 2.45) is 5.41 Å². The fourth-order valence-electron chi connectivity index (χ4n) is 2.20. The number of aryl methyl sites for hydroxylation is 1. The molecule has 1 fully saturated rings. The second kappa shape index (κ2) is 3.82. The molecule has 1 aliphatic heterocycles. The van der Waals surface area contributed by atoms with Crippen molar-refractivity contribution in [1.82, 2.24) is 0 Å². The normalized spacial score (nSPS) is 21.3. The third-order valence-electron chi connectivity index (χ3n) is 3.38. The van der Waals surface area contributed by atoms with Crippen molar-refractivity contribution in [3.8, 4) is 0 Å². The minimum atomic E-state index is -3.55. The van der Waals surface area contributed by atoms with Crippen molar-refractivity contribution < 1.29 is 13.2 Å². The number of amides is 1. The first kappa shape index (κ1) is 13.1. The van der Waals surface area contributed by atoms with E-state index in [1.807, 2.05) is 19.9 Å². The van der Waals surface area contributed by atoms with Gasteiger partial charge >= 0.3 is 0 Å². The largest absolute Gasteiger partial charge is 0.273 e. The first-order chi connectivity index (χ1) is 8.17. The second-order valence-corrected chi connectivity index (χ2v) is 7.25. The molecule has 1 aromatic carbocycles. The maximum Gasteiger partial charge on any atom is 0.247 e. The number of benzene rings is 1. The van der Waals surface area contributed by atoms with E-state index in [0.717, 1.165) is 15.4 Å². The van der Waals surface area contributed by atoms with Gasteiger partial charge in [0.05, 0.1) is 16.9 Å². The van der Waals surface area contributed by atoms with Gasteiger partial charge in [-0.3, -0.25) is 4.79 Å². The van der Waals surface area contributed by atoms with Gasteiger partial charge in [0.15, 0.2) is 0 Å². The van der Waals surface area contributed by atoms with Crippen LogP contribution in [0.2, 0.25) is 0 Å². The van der Waals surface area contributed by atoms with Crippen LogP contribution in [0.3, 0.4) is 0 Å². The summed E-state index contributed by atoms with van der Waals surface area (Å²) >= 11 is 0. The molecule has 98 valence electrons. The predicted octanol–water partition coefficient (Wildman–Crippen LogP) is 2.01. The number of carbonyl (C=O) groups excluding carboxylic acids is 1. The molecule has 18 heavy (non-hydrogen) atoms. The molecule has 1 amide bonds. The highest BCUT2D eigenvalue weighted by molar-refractivity contribution is 7.94. The van der Waals surface area contributed by atoms with Crippen molar-refractivity contribution >= 4 is 21.6 Å². The van der Waals surface area contributed by atoms with Gasteiger partial charge in [-0.1, -0.05) is 12.1 Å². The van der Waals surface area contributed by atoms with E-state index in [1.54, 1.807) is 26.0 Å². The lowest BCUT2D eigenvalue weighted by molar-refractivity contribution is -0.123. The molecule has 5 heteroatoms. The fourth-order valence-corrected chi connectivity index (χ4v) is 4.36. The molecule has 0 aliphatic carbocycles. The van der Waals surface area contributed by atoms with E-state index >= 15 is 0 Å². The van der Waals surface area contributed by atoms with Crippen LogP contribution in [0.1, 0.15) is 25.0 Å². The molecular formula is C13H17NO3S. The van der Waals surface area contributed by atoms with Crippen LogP contribution in [-0.4, -0.2) is 20.1 Å². The molecule has 0 saturated carbocycles. The molecule has 0 bridgehead atoms. The Morgan fingerprint density at radius 1 is 1.22 bits per heavy atom. The number of nitrogens with zero attached hydrogens (tertiary/aromatic N) is 1. The third-order valence-corrected chi connectivity index (χ3v) is 5.39. The first-order valence-electron chi connectivity index (χ1n) is 5.80. The van der Waals surface area contributed by atoms with E-state index in [2.05, 4.69) is 0 Å². The molecule has 2 rings (SSSR count). The maximum atomic E-state index is 12.3. The fraction of sp³-hybridized carbons (Fsp3) is 0.462. The van der Waals surface area contributed by atoms with E-state index in [-0.39, 0.29) is 11.7 Å². The summed E-state index contributed by atoms with van der Waals surface area (Å²) in [4.78, 5) is 12.3. The topological polar surface area (TPSA) is 54.5 Å². The molecule has 0 atom stereocenters. The third kappa shape index (κ3) is 1.82. The summed E-state index contributed by atoms with van der Waals surface area (Å²) in [6, 6.07) is 5.35. The van der Waals surface area contributed by atoms with Crippen molar-refractivity contribution in [1.29, 1.82) is 0 Å². The molecule has 0 aromatic heterocycles. The predicted molar refractivity (Wildman–Crippen MR) is 71.0 cm³/mol. The zero-order chi connectivity index (χ0) is 13.7. The Labute approximate surface area is 108 Å². The van der Waals surface area contributed by atoms with Gasteiger partial charge in [0.1, 0.15) is 0 Å². The number of hydrogen-bond acceptors (Lipinski definition) is 3. The molecule has 0 radical (unpaired) electrons. The Bertz CT molecular complexity index is 617. The van der Waals surface area contributed by atoms with E-state index in [4.69, 9.17) is 0 Å². The quantitative estimate of drug-likeness (QED) is 0.782. The van der Waals surface area contributed by atoms with Crippen molar-refractivity contribution in [3.05, 3.63) is 29.3 Å². The summed E-state index contributed by atoms with van der Waals surface area (Å²) in [7, 11) is -3.55. The van der Waals surface area contributed by atoms with Crippen LogP contribution in [0.5, 0.6) is 0 Å². The molecule has 4 nitrogen and oxygen atoms in total. The van der Waals surface area contributed by atoms with Crippen LogP contribution in [0.15, 0.2) is 18.2 Å². The Hall–Kier alpha value is -1.36. The second-order valence-electron chi connectivity index (χ2n) is 5.43. The zero-order valence-electron chi connectivity index (χ0n) is 11.0. The van der Waals surface area contributed by atoms with Crippen LogP contribution in [0, 0.1) is 19.3 Å². The molecule has 1 saturated heterocycles. The van der Waals surface area contributed by atoms with Crippen LogP contribution in [0.25, 0.3) is 0 Å². The Morgan fingerprint density at radius 2 is 1.83 bits per heavy atom. The van der Waals surface area contributed by atoms with Gasteiger partial charge in [0.2, 0.25) is 15.9 Å².